The molecule has 0 N–H and O–H groups in total. The Kier molecular flexibility index (Phi) is 8.97. The Balaban J connectivity index is 1.05. The van der Waals surface area contributed by atoms with Gasteiger partial charge in [0.15, 0.2) is 0 Å². The van der Waals surface area contributed by atoms with Gasteiger partial charge in [0.2, 0.25) is 0 Å². The molecule has 2 aliphatic carbocycles. The van der Waals surface area contributed by atoms with Gasteiger partial charge in [0.05, 0.1) is 16.7 Å². The van der Waals surface area contributed by atoms with E-state index in [2.05, 4.69) is 224 Å². The summed E-state index contributed by atoms with van der Waals surface area (Å²) in [4.78, 5) is 2.51. The molecular weight excluding hydrogens is 761 g/mol. The van der Waals surface area contributed by atoms with E-state index in [-0.39, 0.29) is 5.41 Å². The highest BCUT2D eigenvalue weighted by molar-refractivity contribution is 6.11. The molecule has 2 aliphatic rings. The van der Waals surface area contributed by atoms with Crippen molar-refractivity contribution in [2.45, 2.75) is 57.3 Å². The molecule has 9 aromatic carbocycles. The van der Waals surface area contributed by atoms with Crippen LogP contribution in [-0.4, -0.2) is 4.57 Å². The third kappa shape index (κ3) is 6.30. The molecule has 0 bridgehead atoms. The van der Waals surface area contributed by atoms with E-state index >= 15 is 0 Å². The molecule has 1 saturated carbocycles. The minimum atomic E-state index is -0.136. The lowest BCUT2D eigenvalue weighted by molar-refractivity contribution is 0.443. The zero-order valence-corrected chi connectivity index (χ0v) is 36.1. The van der Waals surface area contributed by atoms with Gasteiger partial charge in [0.25, 0.3) is 0 Å². The minimum Gasteiger partial charge on any atom is -0.310 e. The summed E-state index contributed by atoms with van der Waals surface area (Å²) in [5, 5.41) is 4.94. The molecule has 0 atom stereocenters. The largest absolute Gasteiger partial charge is 0.310 e. The molecule has 0 radical (unpaired) electrons. The lowest BCUT2D eigenvalue weighted by Crippen LogP contribution is -2.17. The lowest BCUT2D eigenvalue weighted by atomic mass is 9.82. The standard InChI is InChI=1S/C61H50N2/c1-61(2)56-23-13-11-21-51(56)52-36-34-50(40-57(52)61)62(49-32-29-44(30-33-49)43-27-25-42(26-28-43)41-15-5-3-6-16-41)60-38-46-18-10-9-17-45(46)37-55(60)47-31-35-54-53-22-12-14-24-58(53)63(59(54)39-47)48-19-7-4-8-20-48/h4,7-14,17-41H,3,5-6,15-16H2,1-2H3. The van der Waals surface area contributed by atoms with E-state index in [1.54, 1.807) is 0 Å². The fourth-order valence-corrected chi connectivity index (χ4v) is 11.1. The number of fused-ring (bicyclic) bond motifs is 7. The lowest BCUT2D eigenvalue weighted by Gasteiger charge is -2.30. The summed E-state index contributed by atoms with van der Waals surface area (Å²) in [5.41, 5.74) is 18.6. The maximum atomic E-state index is 2.51. The second kappa shape index (κ2) is 15.0. The van der Waals surface area contributed by atoms with Crippen LogP contribution >= 0.6 is 0 Å². The number of anilines is 3. The zero-order chi connectivity index (χ0) is 42.1. The van der Waals surface area contributed by atoms with Gasteiger partial charge in [-0.2, -0.15) is 0 Å². The summed E-state index contributed by atoms with van der Waals surface area (Å²) in [5.74, 6) is 0.701. The molecule has 0 saturated heterocycles. The molecule has 1 aromatic heterocycles. The van der Waals surface area contributed by atoms with E-state index in [0.717, 1.165) is 22.7 Å². The molecule has 0 spiro atoms. The molecule has 1 fully saturated rings. The van der Waals surface area contributed by atoms with Crippen molar-refractivity contribution in [2.75, 3.05) is 4.90 Å². The van der Waals surface area contributed by atoms with Crippen molar-refractivity contribution < 1.29 is 0 Å². The molecule has 0 unspecified atom stereocenters. The van der Waals surface area contributed by atoms with Gasteiger partial charge in [-0.25, -0.2) is 0 Å². The highest BCUT2D eigenvalue weighted by Crippen LogP contribution is 2.52. The first kappa shape index (κ1) is 37.6. The Morgan fingerprint density at radius 3 is 1.86 bits per heavy atom. The zero-order valence-electron chi connectivity index (χ0n) is 36.1. The van der Waals surface area contributed by atoms with Crippen molar-refractivity contribution in [1.82, 2.24) is 4.57 Å². The van der Waals surface area contributed by atoms with Crippen LogP contribution in [0.1, 0.15) is 68.6 Å². The van der Waals surface area contributed by atoms with Gasteiger partial charge in [0, 0.05) is 38.8 Å². The first-order valence-electron chi connectivity index (χ1n) is 22.9. The maximum Gasteiger partial charge on any atom is 0.0547 e. The summed E-state index contributed by atoms with van der Waals surface area (Å²) in [6.45, 7) is 4.76. The SMILES string of the molecule is CC1(C)c2ccccc2-c2ccc(N(c3ccc(-c4ccc(C5CCCCC5)cc4)cc3)c3cc4ccccc4cc3-c3ccc4c5ccccc5n(-c5ccccc5)c4c3)cc21. The Labute approximate surface area is 370 Å². The summed E-state index contributed by atoms with van der Waals surface area (Å²) in [7, 11) is 0. The van der Waals surface area contributed by atoms with Crippen LogP contribution in [0.5, 0.6) is 0 Å². The van der Waals surface area contributed by atoms with Crippen LogP contribution in [-0.2, 0) is 5.41 Å². The van der Waals surface area contributed by atoms with E-state index in [9.17, 15) is 0 Å². The monoisotopic (exact) mass is 810 g/mol. The van der Waals surface area contributed by atoms with Crippen LogP contribution in [0.15, 0.2) is 200 Å². The molecule has 0 aliphatic heterocycles. The van der Waals surface area contributed by atoms with Crippen molar-refractivity contribution in [1.29, 1.82) is 0 Å². The normalized spacial score (nSPS) is 14.6. The topological polar surface area (TPSA) is 8.17 Å². The summed E-state index contributed by atoms with van der Waals surface area (Å²) in [6.07, 6.45) is 6.72. The van der Waals surface area contributed by atoms with E-state index in [1.165, 1.54) is 115 Å². The van der Waals surface area contributed by atoms with Gasteiger partial charge in [-0.1, -0.05) is 173 Å². The highest BCUT2D eigenvalue weighted by Gasteiger charge is 2.36. The second-order valence-corrected chi connectivity index (χ2v) is 18.4. The minimum absolute atomic E-state index is 0.136. The van der Waals surface area contributed by atoms with Crippen LogP contribution < -0.4 is 4.90 Å². The van der Waals surface area contributed by atoms with E-state index in [4.69, 9.17) is 0 Å². The summed E-state index contributed by atoms with van der Waals surface area (Å²) < 4.78 is 2.42. The third-order valence-corrected chi connectivity index (χ3v) is 14.4. The number of para-hydroxylation sites is 2. The number of rotatable bonds is 7. The molecule has 10 aromatic rings. The van der Waals surface area contributed by atoms with E-state index in [1.807, 2.05) is 0 Å². The molecule has 2 nitrogen and oxygen atoms in total. The van der Waals surface area contributed by atoms with Crippen LogP contribution in [0.2, 0.25) is 0 Å². The van der Waals surface area contributed by atoms with E-state index in [0.29, 0.717) is 5.92 Å². The molecule has 63 heavy (non-hydrogen) atoms. The number of hydrogen-bond acceptors (Lipinski definition) is 1. The summed E-state index contributed by atoms with van der Waals surface area (Å²) in [6, 6.07) is 75.1. The number of aromatic nitrogens is 1. The van der Waals surface area contributed by atoms with Crippen LogP contribution in [0.4, 0.5) is 17.1 Å². The van der Waals surface area contributed by atoms with Crippen molar-refractivity contribution in [3.63, 3.8) is 0 Å². The first-order valence-corrected chi connectivity index (χ1v) is 22.9. The summed E-state index contributed by atoms with van der Waals surface area (Å²) >= 11 is 0. The Morgan fingerprint density at radius 1 is 0.444 bits per heavy atom. The Morgan fingerprint density at radius 2 is 1.06 bits per heavy atom. The quantitative estimate of drug-likeness (QED) is 0.156. The number of nitrogens with zero attached hydrogens (tertiary/aromatic N) is 2. The fourth-order valence-electron chi connectivity index (χ4n) is 11.1. The van der Waals surface area contributed by atoms with Crippen molar-refractivity contribution >= 4 is 49.6 Å². The predicted octanol–water partition coefficient (Wildman–Crippen LogP) is 17.1. The van der Waals surface area contributed by atoms with Crippen molar-refractivity contribution in [3.8, 4) is 39.1 Å². The van der Waals surface area contributed by atoms with Crippen LogP contribution in [0.25, 0.3) is 71.6 Å². The third-order valence-electron chi connectivity index (χ3n) is 14.4. The fraction of sp³-hybridized carbons (Fsp3) is 0.148. The first-order chi connectivity index (χ1) is 31.0. The number of benzene rings is 9. The number of hydrogen-bond donors (Lipinski definition) is 0. The van der Waals surface area contributed by atoms with Gasteiger partial charge >= 0.3 is 0 Å². The van der Waals surface area contributed by atoms with Crippen LogP contribution in [0, 0.1) is 0 Å². The van der Waals surface area contributed by atoms with Gasteiger partial charge in [0.1, 0.15) is 0 Å². The van der Waals surface area contributed by atoms with Gasteiger partial charge in [-0.15, -0.1) is 0 Å². The Bertz CT molecular complexity index is 3330. The van der Waals surface area contributed by atoms with Crippen LogP contribution in [0.3, 0.4) is 0 Å². The van der Waals surface area contributed by atoms with Gasteiger partial charge in [-0.3, -0.25) is 0 Å². The van der Waals surface area contributed by atoms with Crippen molar-refractivity contribution in [3.05, 3.63) is 217 Å². The van der Waals surface area contributed by atoms with Gasteiger partial charge < -0.3 is 9.47 Å². The second-order valence-electron chi connectivity index (χ2n) is 18.4. The average molecular weight is 811 g/mol. The van der Waals surface area contributed by atoms with Gasteiger partial charge in [-0.05, 0) is 135 Å². The van der Waals surface area contributed by atoms with E-state index < -0.39 is 0 Å². The smallest absolute Gasteiger partial charge is 0.0547 e. The molecule has 2 heteroatoms. The molecular formula is C61H50N2. The highest BCUT2D eigenvalue weighted by atomic mass is 15.1. The molecule has 1 heterocycles. The average Bonchev–Trinajstić information content (AvgIpc) is 3.79. The predicted molar refractivity (Wildman–Crippen MR) is 267 cm³/mol. The Hall–Kier alpha value is -7.16. The van der Waals surface area contributed by atoms with Crippen molar-refractivity contribution in [2.24, 2.45) is 0 Å². The molecule has 304 valence electrons. The molecule has 12 rings (SSSR count). The molecule has 0 amide bonds. The maximum absolute atomic E-state index is 2.51.